The fourth-order valence-corrected chi connectivity index (χ4v) is 2.30. The van der Waals surface area contributed by atoms with Gasteiger partial charge in [0.2, 0.25) is 0 Å². The molecule has 2 aromatic heterocycles. The lowest BCUT2D eigenvalue weighted by atomic mass is 10.2. The van der Waals surface area contributed by atoms with E-state index >= 15 is 0 Å². The predicted molar refractivity (Wildman–Crippen MR) is 73.0 cm³/mol. The molecule has 0 aliphatic heterocycles. The summed E-state index contributed by atoms with van der Waals surface area (Å²) in [5.41, 5.74) is 4.14. The third-order valence-electron chi connectivity index (χ3n) is 3.11. The van der Waals surface area contributed by atoms with E-state index in [1.165, 1.54) is 5.56 Å². The Balaban J connectivity index is 2.16. The van der Waals surface area contributed by atoms with Gasteiger partial charge in [-0.2, -0.15) is 10.2 Å². The van der Waals surface area contributed by atoms with Crippen molar-refractivity contribution in [3.8, 4) is 0 Å². The van der Waals surface area contributed by atoms with Crippen LogP contribution in [-0.4, -0.2) is 20.0 Å². The second-order valence-corrected chi connectivity index (χ2v) is 4.73. The first-order chi connectivity index (χ1) is 8.54. The summed E-state index contributed by atoms with van der Waals surface area (Å²) in [7, 11) is 1.90. The fourth-order valence-electron chi connectivity index (χ4n) is 2.07. The smallest absolute Gasteiger partial charge is 0.151 e. The molecule has 18 heavy (non-hydrogen) atoms. The number of H-pyrrole nitrogens is 1. The summed E-state index contributed by atoms with van der Waals surface area (Å²) in [5.74, 6) is 0.893. The Morgan fingerprint density at radius 3 is 2.67 bits per heavy atom. The van der Waals surface area contributed by atoms with Gasteiger partial charge in [0.1, 0.15) is 0 Å². The summed E-state index contributed by atoms with van der Waals surface area (Å²) in [4.78, 5) is 0. The van der Waals surface area contributed by atoms with Crippen LogP contribution in [0.2, 0.25) is 5.02 Å². The van der Waals surface area contributed by atoms with Crippen LogP contribution in [0, 0.1) is 13.8 Å². The van der Waals surface area contributed by atoms with Crippen molar-refractivity contribution in [1.82, 2.24) is 20.0 Å². The van der Waals surface area contributed by atoms with Gasteiger partial charge >= 0.3 is 0 Å². The van der Waals surface area contributed by atoms with E-state index in [2.05, 4.69) is 27.5 Å². The van der Waals surface area contributed by atoms with Crippen LogP contribution in [-0.2, 0) is 20.0 Å². The van der Waals surface area contributed by atoms with Crippen LogP contribution in [0.15, 0.2) is 0 Å². The molecule has 98 valence electrons. The van der Waals surface area contributed by atoms with Gasteiger partial charge in [0.15, 0.2) is 5.82 Å². The normalized spacial score (nSPS) is 10.9. The molecule has 0 fully saturated rings. The number of hydrogen-bond donors (Lipinski definition) is 2. The summed E-state index contributed by atoms with van der Waals surface area (Å²) in [6.07, 6.45) is 0.947. The molecule has 0 aliphatic carbocycles. The first-order valence-corrected chi connectivity index (χ1v) is 6.38. The minimum atomic E-state index is 0.619. The first kappa shape index (κ1) is 13.0. The Morgan fingerprint density at radius 2 is 2.11 bits per heavy atom. The van der Waals surface area contributed by atoms with Crippen molar-refractivity contribution in [2.45, 2.75) is 33.7 Å². The quantitative estimate of drug-likeness (QED) is 0.895. The third kappa shape index (κ3) is 2.22. The van der Waals surface area contributed by atoms with Crippen molar-refractivity contribution in [3.05, 3.63) is 27.7 Å². The molecular weight excluding hydrogens is 250 g/mol. The zero-order valence-corrected chi connectivity index (χ0v) is 11.9. The van der Waals surface area contributed by atoms with Crippen LogP contribution in [0.5, 0.6) is 0 Å². The molecule has 2 aromatic rings. The predicted octanol–water partition coefficient (Wildman–Crippen LogP) is 2.59. The van der Waals surface area contributed by atoms with Gasteiger partial charge in [-0.15, -0.1) is 0 Å². The zero-order chi connectivity index (χ0) is 13.3. The van der Waals surface area contributed by atoms with Gasteiger partial charge in [-0.3, -0.25) is 9.78 Å². The summed E-state index contributed by atoms with van der Waals surface area (Å²) in [5, 5.41) is 15.6. The largest absolute Gasteiger partial charge is 0.363 e. The van der Waals surface area contributed by atoms with Crippen LogP contribution in [0.3, 0.4) is 0 Å². The van der Waals surface area contributed by atoms with E-state index < -0.39 is 0 Å². The molecule has 0 atom stereocenters. The minimum absolute atomic E-state index is 0.619. The Morgan fingerprint density at radius 1 is 1.39 bits per heavy atom. The van der Waals surface area contributed by atoms with Crippen LogP contribution in [0.4, 0.5) is 5.82 Å². The van der Waals surface area contributed by atoms with Gasteiger partial charge in [0.05, 0.1) is 23.0 Å². The molecular formula is C12H18ClN5. The Kier molecular flexibility index (Phi) is 3.61. The maximum atomic E-state index is 6.21. The highest BCUT2D eigenvalue weighted by Crippen LogP contribution is 2.22. The Labute approximate surface area is 112 Å². The number of nitrogens with zero attached hydrogens (tertiary/aromatic N) is 3. The van der Waals surface area contributed by atoms with Crippen molar-refractivity contribution in [3.63, 3.8) is 0 Å². The molecule has 2 rings (SSSR count). The second kappa shape index (κ2) is 5.02. The lowest BCUT2D eigenvalue weighted by molar-refractivity contribution is 0.712. The summed E-state index contributed by atoms with van der Waals surface area (Å²) < 4.78 is 1.80. The monoisotopic (exact) mass is 267 g/mol. The molecule has 0 bridgehead atoms. The average molecular weight is 268 g/mol. The van der Waals surface area contributed by atoms with Gasteiger partial charge < -0.3 is 5.32 Å². The molecule has 2 N–H and O–H groups in total. The molecule has 5 nitrogen and oxygen atoms in total. The number of rotatable bonds is 4. The molecule has 0 amide bonds. The molecule has 0 spiro atoms. The highest BCUT2D eigenvalue weighted by molar-refractivity contribution is 6.31. The van der Waals surface area contributed by atoms with Crippen molar-refractivity contribution >= 4 is 17.4 Å². The number of halogens is 1. The maximum Gasteiger partial charge on any atom is 0.151 e. The van der Waals surface area contributed by atoms with Crippen molar-refractivity contribution in [1.29, 1.82) is 0 Å². The summed E-state index contributed by atoms with van der Waals surface area (Å²) >= 11 is 6.21. The molecule has 0 radical (unpaired) electrons. The lowest BCUT2D eigenvalue weighted by Crippen LogP contribution is -2.07. The van der Waals surface area contributed by atoms with E-state index in [0.717, 1.165) is 34.3 Å². The van der Waals surface area contributed by atoms with Gasteiger partial charge in [-0.1, -0.05) is 18.5 Å². The molecule has 0 aliphatic rings. The summed E-state index contributed by atoms with van der Waals surface area (Å²) in [6, 6.07) is 0. The highest BCUT2D eigenvalue weighted by atomic mass is 35.5. The second-order valence-electron chi connectivity index (χ2n) is 4.35. The van der Waals surface area contributed by atoms with Crippen molar-refractivity contribution in [2.24, 2.45) is 7.05 Å². The molecule has 0 saturated heterocycles. The first-order valence-electron chi connectivity index (χ1n) is 6.00. The van der Waals surface area contributed by atoms with E-state index in [0.29, 0.717) is 6.54 Å². The number of hydrogen-bond acceptors (Lipinski definition) is 3. The van der Waals surface area contributed by atoms with E-state index in [9.17, 15) is 0 Å². The highest BCUT2D eigenvalue weighted by Gasteiger charge is 2.13. The number of anilines is 1. The Bertz CT molecular complexity index is 555. The van der Waals surface area contributed by atoms with Crippen LogP contribution in [0.1, 0.15) is 29.6 Å². The lowest BCUT2D eigenvalue weighted by Gasteiger charge is -2.06. The topological polar surface area (TPSA) is 58.5 Å². The van der Waals surface area contributed by atoms with E-state index in [4.69, 9.17) is 11.6 Å². The number of aryl methyl sites for hydroxylation is 3. The Hall–Kier alpha value is -1.49. The molecule has 0 aromatic carbocycles. The number of nitrogens with one attached hydrogen (secondary N) is 2. The average Bonchev–Trinajstić information content (AvgIpc) is 2.79. The summed E-state index contributed by atoms with van der Waals surface area (Å²) in [6.45, 7) is 6.66. The zero-order valence-electron chi connectivity index (χ0n) is 11.1. The van der Waals surface area contributed by atoms with Gasteiger partial charge in [0.25, 0.3) is 0 Å². The standard InChI is InChI=1S/C12H18ClN5/c1-5-9-7(2)15-16-12(9)14-6-10-11(13)8(3)17-18(10)4/h5-6H2,1-4H3,(H2,14,15,16). The van der Waals surface area contributed by atoms with E-state index in [1.54, 1.807) is 4.68 Å². The van der Waals surface area contributed by atoms with Gasteiger partial charge in [-0.05, 0) is 20.3 Å². The van der Waals surface area contributed by atoms with Crippen LogP contribution in [0.25, 0.3) is 0 Å². The van der Waals surface area contributed by atoms with E-state index in [1.807, 2.05) is 20.9 Å². The van der Waals surface area contributed by atoms with Crippen LogP contribution >= 0.6 is 11.6 Å². The number of aromatic nitrogens is 4. The third-order valence-corrected chi connectivity index (χ3v) is 3.60. The SMILES string of the molecule is CCc1c(NCc2c(Cl)c(C)nn2C)n[nH]c1C. The maximum absolute atomic E-state index is 6.21. The molecule has 2 heterocycles. The van der Waals surface area contributed by atoms with Crippen LogP contribution < -0.4 is 5.32 Å². The van der Waals surface area contributed by atoms with E-state index in [-0.39, 0.29) is 0 Å². The molecule has 6 heteroatoms. The van der Waals surface area contributed by atoms with Crippen molar-refractivity contribution in [2.75, 3.05) is 5.32 Å². The molecule has 0 saturated carbocycles. The fraction of sp³-hybridized carbons (Fsp3) is 0.500. The number of aromatic amines is 1. The van der Waals surface area contributed by atoms with Gasteiger partial charge in [0, 0.05) is 18.3 Å². The van der Waals surface area contributed by atoms with Crippen molar-refractivity contribution < 1.29 is 0 Å². The van der Waals surface area contributed by atoms with Gasteiger partial charge in [-0.25, -0.2) is 0 Å². The minimum Gasteiger partial charge on any atom is -0.363 e. The molecule has 0 unspecified atom stereocenters.